The molecule has 4 rings (SSSR count). The number of benzene rings is 1. The topological polar surface area (TPSA) is 97.8 Å². The summed E-state index contributed by atoms with van der Waals surface area (Å²) in [5, 5.41) is 12.1. The van der Waals surface area contributed by atoms with E-state index in [1.54, 1.807) is 0 Å². The van der Waals surface area contributed by atoms with Crippen LogP contribution in [0.15, 0.2) is 36.5 Å². The molecule has 1 amide bonds. The zero-order valence-electron chi connectivity index (χ0n) is 14.0. The minimum absolute atomic E-state index is 0.153. The van der Waals surface area contributed by atoms with Crippen molar-refractivity contribution >= 4 is 11.9 Å². The number of ether oxygens (including phenoxy) is 2. The molecule has 0 spiro atoms. The molecule has 2 aromatic rings. The Labute approximate surface area is 150 Å². The highest BCUT2D eigenvalue weighted by molar-refractivity contribution is 5.96. The van der Waals surface area contributed by atoms with Gasteiger partial charge in [0, 0.05) is 11.8 Å². The predicted octanol–water partition coefficient (Wildman–Crippen LogP) is 2.43. The SMILES string of the molecule is O=C(NC(c1ccc2c(c1)OCCO2)C1CC1)c1ccnc(C(=O)O)c1. The normalized spacial score (nSPS) is 16.6. The Morgan fingerprint density at radius 1 is 1.12 bits per heavy atom. The van der Waals surface area contributed by atoms with Gasteiger partial charge in [-0.2, -0.15) is 0 Å². The first-order valence-electron chi connectivity index (χ1n) is 8.51. The van der Waals surface area contributed by atoms with Crippen LogP contribution in [0, 0.1) is 5.92 Å². The lowest BCUT2D eigenvalue weighted by Crippen LogP contribution is -2.30. The van der Waals surface area contributed by atoms with E-state index in [4.69, 9.17) is 14.6 Å². The van der Waals surface area contributed by atoms with E-state index in [2.05, 4.69) is 10.3 Å². The molecule has 26 heavy (non-hydrogen) atoms. The van der Waals surface area contributed by atoms with Crippen LogP contribution in [-0.2, 0) is 0 Å². The van der Waals surface area contributed by atoms with Crippen LogP contribution in [0.1, 0.15) is 45.3 Å². The van der Waals surface area contributed by atoms with Crippen LogP contribution in [0.2, 0.25) is 0 Å². The maximum Gasteiger partial charge on any atom is 0.354 e. The highest BCUT2D eigenvalue weighted by atomic mass is 16.6. The maximum atomic E-state index is 12.6. The molecule has 2 aliphatic rings. The number of carboxylic acids is 1. The van der Waals surface area contributed by atoms with Crippen molar-refractivity contribution in [2.75, 3.05) is 13.2 Å². The van der Waals surface area contributed by atoms with Crippen molar-refractivity contribution in [1.29, 1.82) is 0 Å². The number of nitrogens with one attached hydrogen (secondary N) is 1. The molecule has 2 heterocycles. The van der Waals surface area contributed by atoms with Gasteiger partial charge in [0.25, 0.3) is 5.91 Å². The molecule has 1 atom stereocenters. The quantitative estimate of drug-likeness (QED) is 0.856. The molecule has 1 aromatic heterocycles. The van der Waals surface area contributed by atoms with E-state index >= 15 is 0 Å². The van der Waals surface area contributed by atoms with Gasteiger partial charge < -0.3 is 19.9 Å². The minimum Gasteiger partial charge on any atom is -0.486 e. The average molecular weight is 354 g/mol. The summed E-state index contributed by atoms with van der Waals surface area (Å²) < 4.78 is 11.2. The zero-order chi connectivity index (χ0) is 18.1. The van der Waals surface area contributed by atoms with E-state index in [1.807, 2.05) is 18.2 Å². The van der Waals surface area contributed by atoms with Crippen LogP contribution in [0.25, 0.3) is 0 Å². The van der Waals surface area contributed by atoms with Gasteiger partial charge in [0.05, 0.1) is 6.04 Å². The van der Waals surface area contributed by atoms with Crippen LogP contribution >= 0.6 is 0 Å². The van der Waals surface area contributed by atoms with Crippen LogP contribution in [0.5, 0.6) is 11.5 Å². The highest BCUT2D eigenvalue weighted by Crippen LogP contribution is 2.43. The molecule has 0 bridgehead atoms. The van der Waals surface area contributed by atoms with Crippen molar-refractivity contribution in [3.8, 4) is 11.5 Å². The third-order valence-electron chi connectivity index (χ3n) is 4.55. The lowest BCUT2D eigenvalue weighted by Gasteiger charge is -2.23. The molecule has 1 aliphatic heterocycles. The maximum absolute atomic E-state index is 12.6. The molecule has 7 nitrogen and oxygen atoms in total. The van der Waals surface area contributed by atoms with Gasteiger partial charge in [-0.15, -0.1) is 0 Å². The molecule has 1 aliphatic carbocycles. The van der Waals surface area contributed by atoms with Gasteiger partial charge in [-0.3, -0.25) is 4.79 Å². The van der Waals surface area contributed by atoms with Gasteiger partial charge in [-0.1, -0.05) is 6.07 Å². The Bertz CT molecular complexity index is 863. The number of hydrogen-bond acceptors (Lipinski definition) is 5. The number of hydrogen-bond donors (Lipinski definition) is 2. The Hall–Kier alpha value is -3.09. The molecule has 1 saturated carbocycles. The summed E-state index contributed by atoms with van der Waals surface area (Å²) in [7, 11) is 0. The fourth-order valence-corrected chi connectivity index (χ4v) is 3.07. The molecular weight excluding hydrogens is 336 g/mol. The summed E-state index contributed by atoms with van der Waals surface area (Å²) in [4.78, 5) is 27.4. The molecule has 1 aromatic carbocycles. The Balaban J connectivity index is 1.57. The molecule has 0 radical (unpaired) electrons. The van der Waals surface area contributed by atoms with Crippen molar-refractivity contribution in [2.24, 2.45) is 5.92 Å². The molecule has 7 heteroatoms. The number of nitrogens with zero attached hydrogens (tertiary/aromatic N) is 1. The fourth-order valence-electron chi connectivity index (χ4n) is 3.07. The summed E-state index contributed by atoms with van der Waals surface area (Å²) >= 11 is 0. The Morgan fingerprint density at radius 2 is 1.88 bits per heavy atom. The van der Waals surface area contributed by atoms with Crippen LogP contribution in [-0.4, -0.2) is 35.2 Å². The minimum atomic E-state index is -1.16. The number of rotatable bonds is 5. The van der Waals surface area contributed by atoms with Crippen molar-refractivity contribution < 1.29 is 24.2 Å². The number of carboxylic acid groups (broad SMARTS) is 1. The number of fused-ring (bicyclic) bond motifs is 1. The third kappa shape index (κ3) is 3.33. The Kier molecular flexibility index (Phi) is 4.20. The number of carbonyl (C=O) groups is 2. The molecule has 134 valence electrons. The van der Waals surface area contributed by atoms with Crippen LogP contribution in [0.3, 0.4) is 0 Å². The van der Waals surface area contributed by atoms with Gasteiger partial charge in [0.15, 0.2) is 11.5 Å². The second kappa shape index (κ2) is 6.67. The van der Waals surface area contributed by atoms with Crippen LogP contribution < -0.4 is 14.8 Å². The van der Waals surface area contributed by atoms with Gasteiger partial charge in [0.2, 0.25) is 0 Å². The van der Waals surface area contributed by atoms with Crippen molar-refractivity contribution in [3.05, 3.63) is 53.3 Å². The van der Waals surface area contributed by atoms with Crippen LogP contribution in [0.4, 0.5) is 0 Å². The van der Waals surface area contributed by atoms with E-state index < -0.39 is 5.97 Å². The second-order valence-electron chi connectivity index (χ2n) is 6.43. The number of aromatic carboxylic acids is 1. The van der Waals surface area contributed by atoms with Gasteiger partial charge in [0.1, 0.15) is 18.9 Å². The molecule has 1 fully saturated rings. The van der Waals surface area contributed by atoms with E-state index in [-0.39, 0.29) is 23.2 Å². The lowest BCUT2D eigenvalue weighted by molar-refractivity contribution is 0.0690. The number of carbonyl (C=O) groups excluding carboxylic acids is 1. The summed E-state index contributed by atoms with van der Waals surface area (Å²) in [6, 6.07) is 8.35. The van der Waals surface area contributed by atoms with Gasteiger partial charge in [-0.25, -0.2) is 9.78 Å². The molecule has 0 saturated heterocycles. The fraction of sp³-hybridized carbons (Fsp3) is 0.316. The first-order chi connectivity index (χ1) is 12.6. The van der Waals surface area contributed by atoms with Crippen molar-refractivity contribution in [1.82, 2.24) is 10.3 Å². The second-order valence-corrected chi connectivity index (χ2v) is 6.43. The largest absolute Gasteiger partial charge is 0.486 e. The highest BCUT2D eigenvalue weighted by Gasteiger charge is 2.34. The van der Waals surface area contributed by atoms with E-state index in [0.717, 1.165) is 18.4 Å². The number of amides is 1. The molecule has 2 N–H and O–H groups in total. The summed E-state index contributed by atoms with van der Waals surface area (Å²) in [5.41, 5.74) is 1.08. The number of pyridine rings is 1. The lowest BCUT2D eigenvalue weighted by atomic mass is 10.0. The summed E-state index contributed by atoms with van der Waals surface area (Å²) in [6.07, 6.45) is 3.40. The van der Waals surface area contributed by atoms with E-state index in [1.165, 1.54) is 18.3 Å². The third-order valence-corrected chi connectivity index (χ3v) is 4.55. The molecular formula is C19H18N2O5. The summed E-state index contributed by atoms with van der Waals surface area (Å²) in [6.45, 7) is 1.04. The first kappa shape index (κ1) is 16.4. The monoisotopic (exact) mass is 354 g/mol. The van der Waals surface area contributed by atoms with Gasteiger partial charge in [-0.05, 0) is 48.6 Å². The van der Waals surface area contributed by atoms with E-state index in [0.29, 0.717) is 30.6 Å². The average Bonchev–Trinajstić information content (AvgIpc) is 3.50. The zero-order valence-corrected chi connectivity index (χ0v) is 14.0. The van der Waals surface area contributed by atoms with Crippen molar-refractivity contribution in [2.45, 2.75) is 18.9 Å². The summed E-state index contributed by atoms with van der Waals surface area (Å²) in [5.74, 6) is 0.279. The van der Waals surface area contributed by atoms with Gasteiger partial charge >= 0.3 is 5.97 Å². The molecule has 1 unspecified atom stereocenters. The van der Waals surface area contributed by atoms with Crippen molar-refractivity contribution in [3.63, 3.8) is 0 Å². The standard InChI is InChI=1S/C19H18N2O5/c22-18(13-5-6-20-14(9-13)19(23)24)21-17(11-1-2-11)12-3-4-15-16(10-12)26-8-7-25-15/h3-6,9-11,17H,1-2,7-8H2,(H,21,22)(H,23,24). The Morgan fingerprint density at radius 3 is 2.62 bits per heavy atom. The number of aromatic nitrogens is 1. The van der Waals surface area contributed by atoms with E-state index in [9.17, 15) is 9.59 Å². The first-order valence-corrected chi connectivity index (χ1v) is 8.51. The smallest absolute Gasteiger partial charge is 0.354 e. The predicted molar refractivity (Wildman–Crippen MR) is 91.6 cm³/mol.